The molecule has 0 aliphatic carbocycles. The topological polar surface area (TPSA) is 258 Å². The minimum atomic E-state index is -0.527. The van der Waals surface area contributed by atoms with Crippen molar-refractivity contribution >= 4 is 35.6 Å². The number of nitrogens with one attached hydrogen (secondary N) is 4. The maximum Gasteiger partial charge on any atom is 0.407 e. The molecule has 4 amide bonds. The fourth-order valence-electron chi connectivity index (χ4n) is 6.67. The summed E-state index contributed by atoms with van der Waals surface area (Å²) in [5, 5.41) is 20.1. The van der Waals surface area contributed by atoms with Crippen molar-refractivity contribution in [2.75, 3.05) is 158 Å². The highest BCUT2D eigenvalue weighted by Crippen LogP contribution is 2.33. The number of carbonyl (C=O) groups is 4. The van der Waals surface area contributed by atoms with Crippen LogP contribution in [0.4, 0.5) is 9.59 Å². The number of amides is 4. The fourth-order valence-corrected chi connectivity index (χ4v) is 8.22. The maximum absolute atomic E-state index is 12.3. The zero-order valence-electron chi connectivity index (χ0n) is 41.9. The number of thioether (sulfide) groups is 1. The number of unbranched alkanes of at least 4 members (excludes halogenated alkanes) is 1. The summed E-state index contributed by atoms with van der Waals surface area (Å²) >= 11 is 1.91. The first kappa shape index (κ1) is 61.0. The van der Waals surface area contributed by atoms with E-state index >= 15 is 0 Å². The molecule has 3 rings (SSSR count). The average Bonchev–Trinajstić information content (AvgIpc) is 4.05. The lowest BCUT2D eigenvalue weighted by Gasteiger charge is -2.19. The number of carbonyl (C=O) groups excluding carboxylic acids is 4. The third-order valence-corrected chi connectivity index (χ3v) is 11.6. The highest BCUT2D eigenvalue weighted by Gasteiger charge is 2.42. The number of fused-ring (bicyclic) bond motifs is 1. The first-order valence-corrected chi connectivity index (χ1v) is 25.8. The number of ether oxygens (including phenoxy) is 12. The Morgan fingerprint density at radius 3 is 1.73 bits per heavy atom. The first-order valence-electron chi connectivity index (χ1n) is 24.8. The third kappa shape index (κ3) is 33.4. The van der Waals surface area contributed by atoms with E-state index < -0.39 is 11.7 Å². The number of ketones is 1. The second kappa shape index (κ2) is 40.2. The summed E-state index contributed by atoms with van der Waals surface area (Å²) in [5.41, 5.74) is 0.196. The Morgan fingerprint density at radius 1 is 0.629 bits per heavy atom. The van der Waals surface area contributed by atoms with Gasteiger partial charge in [-0.2, -0.15) is 11.8 Å². The number of Topliss-reactive ketones (excluding diaryl/α,β-unsaturated/α-hetero) is 1. The summed E-state index contributed by atoms with van der Waals surface area (Å²) in [4.78, 5) is 47.3. The Hall–Kier alpha value is -3.27. The van der Waals surface area contributed by atoms with Crippen molar-refractivity contribution in [1.29, 1.82) is 0 Å². The summed E-state index contributed by atoms with van der Waals surface area (Å²) in [6.07, 6.45) is 6.36. The number of hydrogen-bond donors (Lipinski definition) is 4. The van der Waals surface area contributed by atoms with Crippen molar-refractivity contribution in [2.24, 2.45) is 0 Å². The van der Waals surface area contributed by atoms with Crippen LogP contribution in [0.1, 0.15) is 71.4 Å². The molecule has 70 heavy (non-hydrogen) atoms. The third-order valence-electron chi connectivity index (χ3n) is 10.1. The number of rotatable bonds is 47. The molecule has 0 radical (unpaired) electrons. The van der Waals surface area contributed by atoms with Gasteiger partial charge in [0, 0.05) is 50.0 Å². The molecule has 1 aromatic heterocycles. The lowest BCUT2D eigenvalue weighted by molar-refractivity contribution is -0.122. The molecule has 2 fully saturated rings. The van der Waals surface area contributed by atoms with Gasteiger partial charge >= 0.3 is 12.1 Å². The van der Waals surface area contributed by atoms with Gasteiger partial charge in [0.2, 0.25) is 5.91 Å². The highest BCUT2D eigenvalue weighted by molar-refractivity contribution is 8.00. The minimum absolute atomic E-state index is 0.0600. The second-order valence-corrected chi connectivity index (χ2v) is 18.5. The van der Waals surface area contributed by atoms with Gasteiger partial charge in [0.15, 0.2) is 0 Å². The molecule has 0 unspecified atom stereocenters. The summed E-state index contributed by atoms with van der Waals surface area (Å²) in [5.74, 6) is 1.13. The number of nitrogens with zero attached hydrogens (tertiary/aromatic N) is 3. The van der Waals surface area contributed by atoms with E-state index in [4.69, 9.17) is 56.8 Å². The van der Waals surface area contributed by atoms with Gasteiger partial charge in [-0.3, -0.25) is 9.59 Å². The predicted octanol–water partition coefficient (Wildman–Crippen LogP) is 2.07. The van der Waals surface area contributed by atoms with Crippen LogP contribution in [0.3, 0.4) is 0 Å². The van der Waals surface area contributed by atoms with Crippen LogP contribution in [-0.4, -0.2) is 219 Å². The molecule has 2 aliphatic heterocycles. The fraction of sp³-hybridized carbons (Fsp3) is 0.870. The van der Waals surface area contributed by atoms with E-state index in [-0.39, 0.29) is 36.2 Å². The van der Waals surface area contributed by atoms with Crippen molar-refractivity contribution in [2.45, 2.75) is 102 Å². The van der Waals surface area contributed by atoms with Crippen molar-refractivity contribution in [3.8, 4) is 0 Å². The van der Waals surface area contributed by atoms with Gasteiger partial charge in [0.05, 0.1) is 164 Å². The Labute approximate surface area is 418 Å². The van der Waals surface area contributed by atoms with Gasteiger partial charge in [-0.05, 0) is 40.0 Å². The Bertz CT molecular complexity index is 1510. The number of urea groups is 1. The second-order valence-electron chi connectivity index (χ2n) is 17.2. The molecule has 3 heterocycles. The average molecular weight is 1020 g/mol. The Morgan fingerprint density at radius 2 is 1.14 bits per heavy atom. The minimum Gasteiger partial charge on any atom is -0.444 e. The number of alkyl carbamates (subject to hydrolysis) is 1. The molecule has 404 valence electrons. The van der Waals surface area contributed by atoms with Gasteiger partial charge in [0.25, 0.3) is 0 Å². The molecular formula is C46H83N7O16S. The number of hydrogen-bond acceptors (Lipinski definition) is 19. The number of aromatic nitrogens is 3. The van der Waals surface area contributed by atoms with E-state index in [2.05, 4.69) is 31.6 Å². The predicted molar refractivity (Wildman–Crippen MR) is 258 cm³/mol. The molecule has 24 heteroatoms. The van der Waals surface area contributed by atoms with Gasteiger partial charge in [-0.15, -0.1) is 5.10 Å². The molecule has 3 atom stereocenters. The molecule has 0 saturated carbocycles. The monoisotopic (exact) mass is 1020 g/mol. The highest BCUT2D eigenvalue weighted by atomic mass is 32.2. The zero-order valence-corrected chi connectivity index (χ0v) is 42.7. The Balaban J connectivity index is 0.934. The van der Waals surface area contributed by atoms with Gasteiger partial charge in [-0.25, -0.2) is 14.3 Å². The van der Waals surface area contributed by atoms with Crippen molar-refractivity contribution < 1.29 is 76.0 Å². The van der Waals surface area contributed by atoms with Crippen LogP contribution in [0.25, 0.3) is 0 Å². The smallest absolute Gasteiger partial charge is 0.407 e. The van der Waals surface area contributed by atoms with Crippen LogP contribution in [0.15, 0.2) is 6.20 Å². The van der Waals surface area contributed by atoms with Gasteiger partial charge < -0.3 is 78.1 Å². The van der Waals surface area contributed by atoms with Crippen LogP contribution >= 0.6 is 11.8 Å². The van der Waals surface area contributed by atoms with Crippen LogP contribution in [-0.2, 0) is 79.6 Å². The standard InChI is InChI=1S/C46H83N7O16S/c1-46(2,3)69-45(57)48-12-17-61-21-24-64-27-30-65-29-26-63-23-20-60-16-11-47-42(55)10-15-59-19-22-62-25-28-66-31-32-67-33-34-68-36-38-35-53(52-51-38)13-18-58-14-6-8-39(54)7-4-5-9-41-43-40(37-70-41)49-44(56)50-43/h35,40-41,43H,4-34,36-37H2,1-3H3,(H,47,55)(H,48,57)(H2,49,50,56)/t40-,41+,43-/m1/s1. The van der Waals surface area contributed by atoms with Crippen LogP contribution in [0.2, 0.25) is 0 Å². The molecule has 4 N–H and O–H groups in total. The molecule has 0 spiro atoms. The van der Waals surface area contributed by atoms with E-state index in [1.165, 1.54) is 0 Å². The normalized spacial score (nSPS) is 16.6. The van der Waals surface area contributed by atoms with E-state index in [1.807, 2.05) is 38.7 Å². The van der Waals surface area contributed by atoms with Crippen LogP contribution in [0.5, 0.6) is 0 Å². The maximum atomic E-state index is 12.3. The molecule has 0 aromatic carbocycles. The van der Waals surface area contributed by atoms with E-state index in [0.717, 1.165) is 30.7 Å². The van der Waals surface area contributed by atoms with Crippen molar-refractivity contribution in [3.05, 3.63) is 11.9 Å². The zero-order chi connectivity index (χ0) is 50.2. The van der Waals surface area contributed by atoms with Gasteiger partial charge in [-0.1, -0.05) is 11.6 Å². The Kier molecular flexibility index (Phi) is 35.1. The summed E-state index contributed by atoms with van der Waals surface area (Å²) < 4.78 is 67.5. The largest absolute Gasteiger partial charge is 0.444 e. The van der Waals surface area contributed by atoms with Gasteiger partial charge in [0.1, 0.15) is 17.1 Å². The molecule has 2 saturated heterocycles. The molecular weight excluding hydrogens is 939 g/mol. The van der Waals surface area contributed by atoms with E-state index in [0.29, 0.717) is 189 Å². The van der Waals surface area contributed by atoms with Crippen LogP contribution < -0.4 is 21.3 Å². The van der Waals surface area contributed by atoms with Crippen LogP contribution in [0, 0.1) is 0 Å². The first-order chi connectivity index (χ1) is 34.1. The quantitative estimate of drug-likeness (QED) is 0.0538. The SMILES string of the molecule is CC(C)(C)OC(=O)NCCOCCOCCOCCOCCOCCNC(=O)CCOCCOCCOCCOCCOCc1cn(CCOCCCC(=O)CCCC[C@@H]2SC[C@H]3NC(=O)N[C@@H]23)nn1. The van der Waals surface area contributed by atoms with Crippen molar-refractivity contribution in [1.82, 2.24) is 36.3 Å². The molecule has 2 aliphatic rings. The molecule has 23 nitrogen and oxygen atoms in total. The molecule has 1 aromatic rings. The molecule has 0 bridgehead atoms. The summed E-state index contributed by atoms with van der Waals surface area (Å²) in [6, 6.07) is 0.406. The van der Waals surface area contributed by atoms with E-state index in [1.54, 1.807) is 4.68 Å². The summed E-state index contributed by atoms with van der Waals surface area (Å²) in [7, 11) is 0. The summed E-state index contributed by atoms with van der Waals surface area (Å²) in [6.45, 7) is 16.0. The lowest BCUT2D eigenvalue weighted by atomic mass is 10.0. The van der Waals surface area contributed by atoms with E-state index in [9.17, 15) is 19.2 Å². The van der Waals surface area contributed by atoms with Crippen molar-refractivity contribution in [3.63, 3.8) is 0 Å². The lowest BCUT2D eigenvalue weighted by Crippen LogP contribution is -2.36.